The van der Waals surface area contributed by atoms with E-state index in [1.807, 2.05) is 0 Å². The molecule has 156 valence electrons. The Hall–Kier alpha value is -2.28. The van der Waals surface area contributed by atoms with E-state index in [0.717, 1.165) is 19.3 Å². The van der Waals surface area contributed by atoms with Crippen molar-refractivity contribution in [3.63, 3.8) is 0 Å². The molecule has 0 atom stereocenters. The van der Waals surface area contributed by atoms with Gasteiger partial charge < -0.3 is 4.98 Å². The summed E-state index contributed by atoms with van der Waals surface area (Å²) in [6.07, 6.45) is 19.7. The lowest BCUT2D eigenvalue weighted by Crippen LogP contribution is -1.84. The van der Waals surface area contributed by atoms with Gasteiger partial charge in [-0.25, -0.2) is 0 Å². The quantitative estimate of drug-likeness (QED) is 0.369. The Morgan fingerprint density at radius 3 is 1.90 bits per heavy atom. The topological polar surface area (TPSA) is 15.8 Å². The molecule has 0 fully saturated rings. The number of fused-ring (bicyclic) bond motifs is 1. The Bertz CT molecular complexity index is 882. The standard InChI is InChI=1S/C28H39N/c1-22(2)11-8-12-23(3)13-9-14-24(4)15-10-16-25(5)19-20-26-21-29-28-18-7-6-17-27(26)28/h6-7,11,13,15,17-19,21,29H,8-10,12,14,16,20H2,1-5H3/b23-13+,24-15+,25-19+. The molecule has 0 spiro atoms. The molecule has 29 heavy (non-hydrogen) atoms. The largest absolute Gasteiger partial charge is 0.361 e. The molecule has 0 aliphatic heterocycles. The summed E-state index contributed by atoms with van der Waals surface area (Å²) in [7, 11) is 0. The molecule has 0 amide bonds. The van der Waals surface area contributed by atoms with Crippen LogP contribution in [0.5, 0.6) is 0 Å². The van der Waals surface area contributed by atoms with Crippen molar-refractivity contribution in [2.75, 3.05) is 0 Å². The Balaban J connectivity index is 1.71. The predicted molar refractivity (Wildman–Crippen MR) is 130 cm³/mol. The number of aromatic nitrogens is 1. The highest BCUT2D eigenvalue weighted by Crippen LogP contribution is 2.19. The van der Waals surface area contributed by atoms with Crippen LogP contribution in [-0.4, -0.2) is 4.98 Å². The molecule has 1 N–H and O–H groups in total. The van der Waals surface area contributed by atoms with E-state index in [1.165, 1.54) is 64.4 Å². The summed E-state index contributed by atoms with van der Waals surface area (Å²) < 4.78 is 0. The lowest BCUT2D eigenvalue weighted by atomic mass is 10.0. The van der Waals surface area contributed by atoms with Gasteiger partial charge in [0.05, 0.1) is 0 Å². The summed E-state index contributed by atoms with van der Waals surface area (Å²) in [6.45, 7) is 11.1. The highest BCUT2D eigenvalue weighted by molar-refractivity contribution is 5.83. The van der Waals surface area contributed by atoms with Gasteiger partial charge in [0.1, 0.15) is 0 Å². The maximum atomic E-state index is 3.37. The first-order valence-electron chi connectivity index (χ1n) is 11.1. The first kappa shape index (κ1) is 23.0. The number of para-hydroxylation sites is 1. The number of allylic oxidation sites excluding steroid dienone is 8. The molecule has 2 aromatic rings. The maximum absolute atomic E-state index is 3.37. The molecule has 0 saturated heterocycles. The zero-order valence-electron chi connectivity index (χ0n) is 19.1. The minimum atomic E-state index is 1.01. The highest BCUT2D eigenvalue weighted by atomic mass is 14.7. The van der Waals surface area contributed by atoms with Gasteiger partial charge >= 0.3 is 0 Å². The van der Waals surface area contributed by atoms with Gasteiger partial charge in [0, 0.05) is 17.1 Å². The average molecular weight is 390 g/mol. The fourth-order valence-electron chi connectivity index (χ4n) is 3.57. The van der Waals surface area contributed by atoms with Gasteiger partial charge in [0.25, 0.3) is 0 Å². The molecule has 0 unspecified atom stereocenters. The van der Waals surface area contributed by atoms with Crippen molar-refractivity contribution in [2.45, 2.75) is 79.6 Å². The number of aromatic amines is 1. The lowest BCUT2D eigenvalue weighted by molar-refractivity contribution is 0.898. The van der Waals surface area contributed by atoms with E-state index >= 15 is 0 Å². The first-order valence-corrected chi connectivity index (χ1v) is 11.1. The first-order chi connectivity index (χ1) is 14.0. The predicted octanol–water partition coefficient (Wildman–Crippen LogP) is 8.86. The zero-order chi connectivity index (χ0) is 21.1. The van der Waals surface area contributed by atoms with Crippen molar-refractivity contribution in [1.29, 1.82) is 0 Å². The summed E-state index contributed by atoms with van der Waals surface area (Å²) in [5.74, 6) is 0. The van der Waals surface area contributed by atoms with Gasteiger partial charge in [-0.1, -0.05) is 64.8 Å². The van der Waals surface area contributed by atoms with Crippen molar-refractivity contribution in [1.82, 2.24) is 4.98 Å². The second-order valence-corrected chi connectivity index (χ2v) is 8.61. The molecule has 1 heterocycles. The fourth-order valence-corrected chi connectivity index (χ4v) is 3.57. The number of nitrogens with one attached hydrogen (secondary N) is 1. The van der Waals surface area contributed by atoms with Crippen LogP contribution in [-0.2, 0) is 6.42 Å². The van der Waals surface area contributed by atoms with Crippen molar-refractivity contribution in [3.8, 4) is 0 Å². The van der Waals surface area contributed by atoms with Crippen LogP contribution in [0.1, 0.15) is 78.7 Å². The van der Waals surface area contributed by atoms with Gasteiger partial charge in [0.2, 0.25) is 0 Å². The van der Waals surface area contributed by atoms with Gasteiger partial charge in [0.15, 0.2) is 0 Å². The van der Waals surface area contributed by atoms with Crippen LogP contribution in [0.2, 0.25) is 0 Å². The number of rotatable bonds is 11. The van der Waals surface area contributed by atoms with E-state index in [-0.39, 0.29) is 0 Å². The average Bonchev–Trinajstić information content (AvgIpc) is 3.09. The summed E-state index contributed by atoms with van der Waals surface area (Å²) in [5.41, 5.74) is 8.55. The summed E-state index contributed by atoms with van der Waals surface area (Å²) in [6, 6.07) is 8.54. The number of benzene rings is 1. The van der Waals surface area contributed by atoms with Gasteiger partial charge in [-0.2, -0.15) is 0 Å². The second kappa shape index (κ2) is 12.3. The van der Waals surface area contributed by atoms with Crippen molar-refractivity contribution >= 4 is 10.9 Å². The highest BCUT2D eigenvalue weighted by Gasteiger charge is 2.01. The second-order valence-electron chi connectivity index (χ2n) is 8.61. The monoisotopic (exact) mass is 389 g/mol. The molecule has 1 heteroatoms. The van der Waals surface area contributed by atoms with Crippen LogP contribution < -0.4 is 0 Å². The van der Waals surface area contributed by atoms with Crippen molar-refractivity contribution in [3.05, 3.63) is 82.6 Å². The molecule has 1 aromatic carbocycles. The van der Waals surface area contributed by atoms with Gasteiger partial charge in [-0.3, -0.25) is 0 Å². The van der Waals surface area contributed by atoms with E-state index in [9.17, 15) is 0 Å². The number of hydrogen-bond donors (Lipinski definition) is 1. The van der Waals surface area contributed by atoms with Crippen molar-refractivity contribution in [2.24, 2.45) is 0 Å². The smallest absolute Gasteiger partial charge is 0.0456 e. The molecule has 0 aliphatic rings. The lowest BCUT2D eigenvalue weighted by Gasteiger charge is -2.03. The summed E-state index contributed by atoms with van der Waals surface area (Å²) in [4.78, 5) is 3.37. The Morgan fingerprint density at radius 1 is 0.724 bits per heavy atom. The Kier molecular flexibility index (Phi) is 9.77. The van der Waals surface area contributed by atoms with E-state index in [4.69, 9.17) is 0 Å². The minimum absolute atomic E-state index is 1.01. The maximum Gasteiger partial charge on any atom is 0.0456 e. The van der Waals surface area contributed by atoms with E-state index in [0.29, 0.717) is 0 Å². The molecule has 1 aromatic heterocycles. The third-order valence-electron chi connectivity index (χ3n) is 5.50. The Morgan fingerprint density at radius 2 is 1.28 bits per heavy atom. The van der Waals surface area contributed by atoms with E-state index in [1.54, 1.807) is 0 Å². The van der Waals surface area contributed by atoms with Crippen LogP contribution >= 0.6 is 0 Å². The fraction of sp³-hybridized carbons (Fsp3) is 0.429. The van der Waals surface area contributed by atoms with E-state index in [2.05, 4.69) is 94.4 Å². The zero-order valence-corrected chi connectivity index (χ0v) is 19.1. The van der Waals surface area contributed by atoms with E-state index < -0.39 is 0 Å². The molecular formula is C28H39N. The molecular weight excluding hydrogens is 350 g/mol. The Labute approximate surface area is 178 Å². The number of hydrogen-bond acceptors (Lipinski definition) is 0. The third-order valence-corrected chi connectivity index (χ3v) is 5.50. The molecule has 1 nitrogen and oxygen atoms in total. The summed E-state index contributed by atoms with van der Waals surface area (Å²) >= 11 is 0. The third kappa shape index (κ3) is 8.73. The molecule has 0 saturated carbocycles. The van der Waals surface area contributed by atoms with Gasteiger partial charge in [-0.05, 0) is 91.2 Å². The van der Waals surface area contributed by atoms with Gasteiger partial charge in [-0.15, -0.1) is 0 Å². The molecule has 0 bridgehead atoms. The van der Waals surface area contributed by atoms with Crippen LogP contribution in [0.25, 0.3) is 10.9 Å². The molecule has 0 aliphatic carbocycles. The molecule has 0 radical (unpaired) electrons. The summed E-state index contributed by atoms with van der Waals surface area (Å²) in [5, 5.41) is 1.34. The normalized spacial score (nSPS) is 13.2. The molecule has 2 rings (SSSR count). The van der Waals surface area contributed by atoms with Crippen LogP contribution in [0.15, 0.2) is 77.1 Å². The van der Waals surface area contributed by atoms with Crippen LogP contribution in [0.4, 0.5) is 0 Å². The van der Waals surface area contributed by atoms with Crippen LogP contribution in [0.3, 0.4) is 0 Å². The SMILES string of the molecule is CC(C)=CCC/C(C)=C/CC/C(C)=C/CC/C(C)=C/Cc1c[nH]c2ccccc12. The van der Waals surface area contributed by atoms with Crippen molar-refractivity contribution < 1.29 is 0 Å². The number of H-pyrrole nitrogens is 1. The minimum Gasteiger partial charge on any atom is -0.361 e. The van der Waals surface area contributed by atoms with Crippen LogP contribution in [0, 0.1) is 0 Å².